The monoisotopic (exact) mass is 328 g/mol. The Hall–Kier alpha value is -2.57. The minimum Gasteiger partial charge on any atom is -0.352 e. The second-order valence-electron chi connectivity index (χ2n) is 6.74. The summed E-state index contributed by atoms with van der Waals surface area (Å²) >= 11 is 0. The van der Waals surface area contributed by atoms with Crippen LogP contribution < -0.4 is 16.3 Å². The van der Waals surface area contributed by atoms with E-state index in [9.17, 15) is 14.4 Å². The van der Waals surface area contributed by atoms with Gasteiger partial charge in [-0.2, -0.15) is 0 Å². The summed E-state index contributed by atoms with van der Waals surface area (Å²) in [4.78, 5) is 38.8. The number of amides is 2. The standard InChI is InChI=1S/C17H20N4O3/c1-9-12(6-7-15(22)18-9)19-16(23)10-2-5-13-14(8-10)21(11-3-4-11)17(24)20-13/h2,5,8-9,11-12H,3-4,6-7H2,1H3,(H,18,22)(H,19,23)(H,20,24). The van der Waals surface area contributed by atoms with E-state index in [1.165, 1.54) is 0 Å². The number of nitrogens with one attached hydrogen (secondary N) is 3. The van der Waals surface area contributed by atoms with Crippen molar-refractivity contribution in [3.8, 4) is 0 Å². The third-order valence-electron chi connectivity index (χ3n) is 4.88. The summed E-state index contributed by atoms with van der Waals surface area (Å²) in [6.07, 6.45) is 3.07. The van der Waals surface area contributed by atoms with Crippen LogP contribution in [0.3, 0.4) is 0 Å². The molecule has 24 heavy (non-hydrogen) atoms. The summed E-state index contributed by atoms with van der Waals surface area (Å²) in [5.41, 5.74) is 1.94. The van der Waals surface area contributed by atoms with Crippen LogP contribution in [0, 0.1) is 0 Å². The van der Waals surface area contributed by atoms with E-state index in [4.69, 9.17) is 0 Å². The van der Waals surface area contributed by atoms with Crippen molar-refractivity contribution in [1.82, 2.24) is 20.2 Å². The second kappa shape index (κ2) is 5.51. The topological polar surface area (TPSA) is 96.0 Å². The average Bonchev–Trinajstić information content (AvgIpc) is 3.31. The number of imidazole rings is 1. The van der Waals surface area contributed by atoms with Crippen molar-refractivity contribution in [2.75, 3.05) is 0 Å². The molecule has 1 aliphatic carbocycles. The number of aromatic nitrogens is 2. The van der Waals surface area contributed by atoms with E-state index < -0.39 is 0 Å². The highest BCUT2D eigenvalue weighted by Crippen LogP contribution is 2.35. The lowest BCUT2D eigenvalue weighted by molar-refractivity contribution is -0.123. The van der Waals surface area contributed by atoms with E-state index in [0.717, 1.165) is 23.9 Å². The van der Waals surface area contributed by atoms with Crippen LogP contribution in [0.25, 0.3) is 11.0 Å². The Morgan fingerprint density at radius 2 is 2.04 bits per heavy atom. The number of aromatic amines is 1. The van der Waals surface area contributed by atoms with E-state index in [1.807, 2.05) is 6.92 Å². The van der Waals surface area contributed by atoms with Crippen molar-refractivity contribution in [1.29, 1.82) is 0 Å². The molecule has 4 rings (SSSR count). The molecule has 2 fully saturated rings. The molecule has 2 aliphatic rings. The Balaban J connectivity index is 1.59. The fourth-order valence-corrected chi connectivity index (χ4v) is 3.37. The number of hydrogen-bond donors (Lipinski definition) is 3. The molecule has 2 unspecified atom stereocenters. The molecule has 126 valence electrons. The fourth-order valence-electron chi connectivity index (χ4n) is 3.37. The molecule has 2 atom stereocenters. The summed E-state index contributed by atoms with van der Waals surface area (Å²) in [7, 11) is 0. The zero-order chi connectivity index (χ0) is 16.8. The average molecular weight is 328 g/mol. The summed E-state index contributed by atoms with van der Waals surface area (Å²) in [5.74, 6) is -0.156. The van der Waals surface area contributed by atoms with Gasteiger partial charge in [0.05, 0.1) is 11.0 Å². The predicted octanol–water partition coefficient (Wildman–Crippen LogP) is 1.06. The minimum atomic E-state index is -0.180. The number of carbonyl (C=O) groups excluding carboxylic acids is 2. The first kappa shape index (κ1) is 15.0. The number of benzene rings is 1. The molecule has 1 aromatic heterocycles. The van der Waals surface area contributed by atoms with E-state index in [1.54, 1.807) is 22.8 Å². The molecule has 0 spiro atoms. The van der Waals surface area contributed by atoms with Crippen LogP contribution in [0.2, 0.25) is 0 Å². The van der Waals surface area contributed by atoms with Crippen molar-refractivity contribution >= 4 is 22.8 Å². The van der Waals surface area contributed by atoms with Gasteiger partial charge in [0.1, 0.15) is 0 Å². The van der Waals surface area contributed by atoms with Gasteiger partial charge in [0.15, 0.2) is 0 Å². The van der Waals surface area contributed by atoms with Gasteiger partial charge in [-0.1, -0.05) is 0 Å². The second-order valence-corrected chi connectivity index (χ2v) is 6.74. The smallest absolute Gasteiger partial charge is 0.326 e. The number of H-pyrrole nitrogens is 1. The molecule has 1 saturated carbocycles. The molecule has 7 heteroatoms. The van der Waals surface area contributed by atoms with E-state index in [-0.39, 0.29) is 35.6 Å². The van der Waals surface area contributed by atoms with Crippen LogP contribution in [0.4, 0.5) is 0 Å². The molecular weight excluding hydrogens is 308 g/mol. The maximum atomic E-state index is 12.6. The van der Waals surface area contributed by atoms with Crippen molar-refractivity contribution in [3.05, 3.63) is 34.2 Å². The van der Waals surface area contributed by atoms with Crippen molar-refractivity contribution in [3.63, 3.8) is 0 Å². The third-order valence-corrected chi connectivity index (χ3v) is 4.88. The SMILES string of the molecule is CC1NC(=O)CCC1NC(=O)c1ccc2[nH]c(=O)n(C3CC3)c2c1. The van der Waals surface area contributed by atoms with Gasteiger partial charge in [-0.3, -0.25) is 14.2 Å². The molecule has 2 heterocycles. The first-order valence-corrected chi connectivity index (χ1v) is 8.37. The van der Waals surface area contributed by atoms with Crippen LogP contribution >= 0.6 is 0 Å². The Bertz CT molecular complexity index is 878. The molecule has 7 nitrogen and oxygen atoms in total. The van der Waals surface area contributed by atoms with Gasteiger partial charge < -0.3 is 15.6 Å². The molecular formula is C17H20N4O3. The normalized spacial score (nSPS) is 24.0. The molecule has 3 N–H and O–H groups in total. The lowest BCUT2D eigenvalue weighted by Crippen LogP contribution is -2.53. The van der Waals surface area contributed by atoms with E-state index in [2.05, 4.69) is 15.6 Å². The third kappa shape index (κ3) is 2.60. The Kier molecular flexibility index (Phi) is 3.44. The minimum absolute atomic E-state index is 0.0233. The fraction of sp³-hybridized carbons (Fsp3) is 0.471. The largest absolute Gasteiger partial charge is 0.352 e. The quantitative estimate of drug-likeness (QED) is 0.786. The van der Waals surface area contributed by atoms with Gasteiger partial charge in [-0.25, -0.2) is 4.79 Å². The predicted molar refractivity (Wildman–Crippen MR) is 88.9 cm³/mol. The Labute approximate surface area is 138 Å². The summed E-state index contributed by atoms with van der Waals surface area (Å²) in [6, 6.07) is 5.34. The summed E-state index contributed by atoms with van der Waals surface area (Å²) in [6.45, 7) is 1.89. The van der Waals surface area contributed by atoms with Gasteiger partial charge in [0, 0.05) is 30.1 Å². The van der Waals surface area contributed by atoms with Gasteiger partial charge >= 0.3 is 5.69 Å². The molecule has 1 aromatic carbocycles. The van der Waals surface area contributed by atoms with Crippen LogP contribution in [0.1, 0.15) is 49.0 Å². The van der Waals surface area contributed by atoms with Crippen molar-refractivity contribution in [2.45, 2.75) is 50.7 Å². The molecule has 1 aliphatic heterocycles. The Morgan fingerprint density at radius 1 is 1.25 bits per heavy atom. The molecule has 2 amide bonds. The zero-order valence-corrected chi connectivity index (χ0v) is 13.5. The van der Waals surface area contributed by atoms with Crippen LogP contribution in [0.15, 0.2) is 23.0 Å². The number of nitrogens with zero attached hydrogens (tertiary/aromatic N) is 1. The first-order chi connectivity index (χ1) is 11.5. The number of rotatable bonds is 3. The van der Waals surface area contributed by atoms with Crippen LogP contribution in [-0.2, 0) is 4.79 Å². The number of hydrogen-bond acceptors (Lipinski definition) is 3. The zero-order valence-electron chi connectivity index (χ0n) is 13.5. The highest BCUT2D eigenvalue weighted by atomic mass is 16.2. The van der Waals surface area contributed by atoms with Gasteiger partial charge in [0.25, 0.3) is 5.91 Å². The number of fused-ring (bicyclic) bond motifs is 1. The van der Waals surface area contributed by atoms with E-state index in [0.29, 0.717) is 18.4 Å². The molecule has 0 bridgehead atoms. The molecule has 2 aromatic rings. The highest BCUT2D eigenvalue weighted by molar-refractivity contribution is 5.97. The van der Waals surface area contributed by atoms with Crippen molar-refractivity contribution in [2.24, 2.45) is 0 Å². The van der Waals surface area contributed by atoms with Gasteiger partial charge in [0.2, 0.25) is 5.91 Å². The summed E-state index contributed by atoms with van der Waals surface area (Å²) < 4.78 is 1.75. The lowest BCUT2D eigenvalue weighted by atomic mass is 9.99. The lowest BCUT2D eigenvalue weighted by Gasteiger charge is -2.30. The molecule has 0 radical (unpaired) electrons. The summed E-state index contributed by atoms with van der Waals surface area (Å²) in [5, 5.41) is 5.84. The number of carbonyl (C=O) groups is 2. The van der Waals surface area contributed by atoms with Gasteiger partial charge in [-0.05, 0) is 44.4 Å². The highest BCUT2D eigenvalue weighted by Gasteiger charge is 2.29. The van der Waals surface area contributed by atoms with Crippen molar-refractivity contribution < 1.29 is 9.59 Å². The Morgan fingerprint density at radius 3 is 2.75 bits per heavy atom. The van der Waals surface area contributed by atoms with Gasteiger partial charge in [-0.15, -0.1) is 0 Å². The maximum Gasteiger partial charge on any atom is 0.326 e. The van der Waals surface area contributed by atoms with Crippen LogP contribution in [-0.4, -0.2) is 33.4 Å². The maximum absolute atomic E-state index is 12.6. The number of piperidine rings is 1. The van der Waals surface area contributed by atoms with Crippen LogP contribution in [0.5, 0.6) is 0 Å². The first-order valence-electron chi connectivity index (χ1n) is 8.37. The van der Waals surface area contributed by atoms with E-state index >= 15 is 0 Å². The molecule has 1 saturated heterocycles.